The lowest BCUT2D eigenvalue weighted by Gasteiger charge is -2.39. The van der Waals surface area contributed by atoms with Gasteiger partial charge in [-0.25, -0.2) is 9.65 Å². The van der Waals surface area contributed by atoms with Crippen molar-refractivity contribution in [3.8, 4) is 17.6 Å². The molecule has 284 valence electrons. The average molecular weight is 754 g/mol. The van der Waals surface area contributed by atoms with E-state index in [0.29, 0.717) is 12.1 Å². The summed E-state index contributed by atoms with van der Waals surface area (Å²) in [7, 11) is 1.65. The summed E-state index contributed by atoms with van der Waals surface area (Å²) in [5, 5.41) is 9.33. The first-order chi connectivity index (χ1) is 26.2. The van der Waals surface area contributed by atoms with Crippen LogP contribution in [-0.2, 0) is 24.1 Å². The molecule has 0 aliphatic carbocycles. The van der Waals surface area contributed by atoms with Crippen LogP contribution < -0.4 is 15.0 Å². The second-order valence-corrected chi connectivity index (χ2v) is 14.9. The number of aromatic nitrogens is 3. The number of rotatable bonds is 17. The Bertz CT molecular complexity index is 1990. The molecule has 1 aliphatic heterocycles. The quantitative estimate of drug-likeness (QED) is 0.0537. The molecule has 2 aromatic heterocycles. The summed E-state index contributed by atoms with van der Waals surface area (Å²) < 4.78 is 43.8. The van der Waals surface area contributed by atoms with Crippen LogP contribution in [0.4, 0.5) is 0 Å². The van der Waals surface area contributed by atoms with Gasteiger partial charge in [-0.15, -0.1) is 0 Å². The van der Waals surface area contributed by atoms with Gasteiger partial charge in [-0.2, -0.15) is 5.26 Å². The number of methoxy groups -OCH3 is 2. The molecule has 4 atom stereocenters. The molecule has 3 heterocycles. The van der Waals surface area contributed by atoms with Gasteiger partial charge in [-0.05, 0) is 68.7 Å². The molecule has 0 spiro atoms. The molecule has 0 N–H and O–H groups in total. The zero-order valence-corrected chi connectivity index (χ0v) is 32.5. The summed E-state index contributed by atoms with van der Waals surface area (Å²) in [4.78, 5) is 18.0. The zero-order chi connectivity index (χ0) is 38.2. The van der Waals surface area contributed by atoms with Crippen LogP contribution in [0.5, 0.6) is 11.5 Å². The molecule has 1 fully saturated rings. The van der Waals surface area contributed by atoms with E-state index in [-0.39, 0.29) is 37.3 Å². The van der Waals surface area contributed by atoms with Gasteiger partial charge in [-0.1, -0.05) is 54.6 Å². The van der Waals surface area contributed by atoms with E-state index in [1.54, 1.807) is 48.0 Å². The molecule has 12 nitrogen and oxygen atoms in total. The second-order valence-electron chi connectivity index (χ2n) is 13.5. The Hall–Kier alpha value is -4.60. The normalized spacial score (nSPS) is 18.0. The summed E-state index contributed by atoms with van der Waals surface area (Å²) in [6.07, 6.45) is 5.55. The van der Waals surface area contributed by atoms with Crippen molar-refractivity contribution in [2.24, 2.45) is 0 Å². The number of ether oxygens (including phenoxy) is 4. The maximum absolute atomic E-state index is 13.7. The van der Waals surface area contributed by atoms with Gasteiger partial charge in [0.1, 0.15) is 29.4 Å². The van der Waals surface area contributed by atoms with E-state index in [2.05, 4.69) is 43.4 Å². The van der Waals surface area contributed by atoms with Crippen molar-refractivity contribution in [2.75, 3.05) is 27.4 Å². The summed E-state index contributed by atoms with van der Waals surface area (Å²) in [5.74, 6) is 1.44. The smallest absolute Gasteiger partial charge is 0.296 e. The maximum atomic E-state index is 13.7. The molecule has 0 radical (unpaired) electrons. The van der Waals surface area contributed by atoms with Gasteiger partial charge in [0.05, 0.1) is 46.0 Å². The number of fused-ring (bicyclic) bond motifs is 1. The van der Waals surface area contributed by atoms with Crippen molar-refractivity contribution in [3.05, 3.63) is 131 Å². The first-order valence-corrected chi connectivity index (χ1v) is 19.3. The van der Waals surface area contributed by atoms with Gasteiger partial charge in [0.2, 0.25) is 5.65 Å². The molecule has 1 saturated heterocycles. The van der Waals surface area contributed by atoms with Gasteiger partial charge in [0.15, 0.2) is 0 Å². The lowest BCUT2D eigenvalue weighted by atomic mass is 9.80. The fraction of sp³-hybridized carbons (Fsp3) is 0.390. The van der Waals surface area contributed by atoms with Crippen LogP contribution in [0, 0.1) is 11.3 Å². The van der Waals surface area contributed by atoms with E-state index >= 15 is 0 Å². The van der Waals surface area contributed by atoms with Gasteiger partial charge >= 0.3 is 0 Å². The summed E-state index contributed by atoms with van der Waals surface area (Å²) in [6.45, 7) is 8.68. The standard InChI is InChI=1S/C41H48N5O7P/c1-29(2)46(30(3)4)54(51-26-10-21-42)53-36-27-38(45-25-24-44-23-22-43-39(44)40(45)47)52-37(36)28-50-41(31-11-8-7-9-12-31,32-13-17-34(48-5)18-14-32)33-15-19-35(49-6)20-16-33/h7-9,11-20,22-25,29-30,36-38H,10,26-28H2,1-6H3/t36-,37+,38+,54?/m0/s1. The minimum atomic E-state index is -1.64. The van der Waals surface area contributed by atoms with Crippen LogP contribution in [0.25, 0.3) is 5.65 Å². The number of hydrogen-bond acceptors (Lipinski definition) is 10. The van der Waals surface area contributed by atoms with Crippen molar-refractivity contribution in [1.29, 1.82) is 5.26 Å². The fourth-order valence-electron chi connectivity index (χ4n) is 6.98. The number of nitriles is 1. The maximum Gasteiger partial charge on any atom is 0.296 e. The van der Waals surface area contributed by atoms with Crippen molar-refractivity contribution in [3.63, 3.8) is 0 Å². The Morgan fingerprint density at radius 3 is 2.09 bits per heavy atom. The molecule has 0 saturated carbocycles. The van der Waals surface area contributed by atoms with E-state index in [1.807, 2.05) is 78.9 Å². The molecule has 1 unspecified atom stereocenters. The molecule has 54 heavy (non-hydrogen) atoms. The van der Waals surface area contributed by atoms with Gasteiger partial charge < -0.3 is 32.4 Å². The van der Waals surface area contributed by atoms with Crippen molar-refractivity contribution in [2.45, 2.75) is 76.7 Å². The Morgan fingerprint density at radius 2 is 1.52 bits per heavy atom. The minimum Gasteiger partial charge on any atom is -0.497 e. The predicted octanol–water partition coefficient (Wildman–Crippen LogP) is 7.47. The van der Waals surface area contributed by atoms with E-state index < -0.39 is 32.6 Å². The molecule has 1 aliphatic rings. The Balaban J connectivity index is 1.43. The highest BCUT2D eigenvalue weighted by molar-refractivity contribution is 7.44. The molecule has 13 heteroatoms. The topological polar surface area (TPSA) is 122 Å². The van der Waals surface area contributed by atoms with Crippen molar-refractivity contribution >= 4 is 14.2 Å². The highest BCUT2D eigenvalue weighted by atomic mass is 31.2. The summed E-state index contributed by atoms with van der Waals surface area (Å²) >= 11 is 0. The number of benzene rings is 3. The lowest BCUT2D eigenvalue weighted by Crippen LogP contribution is -2.39. The van der Waals surface area contributed by atoms with Crippen molar-refractivity contribution in [1.82, 2.24) is 18.6 Å². The van der Waals surface area contributed by atoms with Crippen LogP contribution in [0.2, 0.25) is 0 Å². The van der Waals surface area contributed by atoms with Gasteiger partial charge in [0.25, 0.3) is 14.1 Å². The Morgan fingerprint density at radius 1 is 0.907 bits per heavy atom. The molecule has 0 bridgehead atoms. The van der Waals surface area contributed by atoms with E-state index in [9.17, 15) is 10.1 Å². The molecular weight excluding hydrogens is 705 g/mol. The van der Waals surface area contributed by atoms with Crippen LogP contribution in [0.15, 0.2) is 108 Å². The highest BCUT2D eigenvalue weighted by Crippen LogP contribution is 2.50. The number of imidazole rings is 1. The zero-order valence-electron chi connectivity index (χ0n) is 31.6. The second kappa shape index (κ2) is 17.7. The van der Waals surface area contributed by atoms with Crippen LogP contribution in [-0.4, -0.2) is 70.3 Å². The van der Waals surface area contributed by atoms with Gasteiger partial charge in [-0.3, -0.25) is 9.36 Å². The number of hydrogen-bond donors (Lipinski definition) is 0. The average Bonchev–Trinajstić information content (AvgIpc) is 3.83. The summed E-state index contributed by atoms with van der Waals surface area (Å²) in [6, 6.07) is 28.1. The molecule has 3 aromatic carbocycles. The van der Waals surface area contributed by atoms with E-state index in [1.165, 1.54) is 0 Å². The fourth-order valence-corrected chi connectivity index (χ4v) is 8.73. The van der Waals surface area contributed by atoms with Crippen LogP contribution >= 0.6 is 8.53 Å². The van der Waals surface area contributed by atoms with E-state index in [0.717, 1.165) is 28.2 Å². The number of nitrogens with zero attached hydrogens (tertiary/aromatic N) is 5. The predicted molar refractivity (Wildman–Crippen MR) is 206 cm³/mol. The van der Waals surface area contributed by atoms with Gasteiger partial charge in [0, 0.05) is 43.3 Å². The molecule has 5 aromatic rings. The SMILES string of the molecule is COc1ccc(C(OC[C@H]2O[C@@H](n3ccn4ccnc4c3=O)C[C@@H]2OP(OCCC#N)N(C(C)C)C(C)C)(c2ccccc2)c2ccc(OC)cc2)cc1. The highest BCUT2D eigenvalue weighted by Gasteiger charge is 2.45. The largest absolute Gasteiger partial charge is 0.497 e. The van der Waals surface area contributed by atoms with Crippen LogP contribution in [0.1, 0.15) is 63.5 Å². The lowest BCUT2D eigenvalue weighted by molar-refractivity contribution is -0.0923. The van der Waals surface area contributed by atoms with E-state index in [4.69, 9.17) is 28.0 Å². The Labute approximate surface area is 317 Å². The summed E-state index contributed by atoms with van der Waals surface area (Å²) in [5.41, 5.74) is 1.57. The minimum absolute atomic E-state index is 0.0826. The third-order valence-electron chi connectivity index (χ3n) is 9.50. The molecule has 6 rings (SSSR count). The first kappa shape index (κ1) is 39.1. The van der Waals surface area contributed by atoms with Crippen LogP contribution in [0.3, 0.4) is 0 Å². The molecular formula is C41H48N5O7P. The van der Waals surface area contributed by atoms with Crippen molar-refractivity contribution < 1.29 is 28.0 Å². The first-order valence-electron chi connectivity index (χ1n) is 18.1. The third kappa shape index (κ3) is 8.22. The molecule has 0 amide bonds. The Kier molecular flexibility index (Phi) is 12.8. The monoisotopic (exact) mass is 753 g/mol. The third-order valence-corrected chi connectivity index (χ3v) is 11.7.